The Balaban J connectivity index is 1.55. The van der Waals surface area contributed by atoms with Crippen LogP contribution in [0, 0.1) is 0 Å². The van der Waals surface area contributed by atoms with Crippen LogP contribution < -0.4 is 0 Å². The Kier molecular flexibility index (Phi) is 5.53. The SMILES string of the molecule is C[C@H]1OC(C)(C)N(C(=O)OC(C)(C)C)[C@H]1C(=O)OCC1c2ccccc2-c2ccccc21. The molecular formula is C26H31NO5. The maximum absolute atomic E-state index is 13.3. The third-order valence-electron chi connectivity index (χ3n) is 5.96. The summed E-state index contributed by atoms with van der Waals surface area (Å²) in [5.74, 6) is -0.539. The predicted octanol–water partition coefficient (Wildman–Crippen LogP) is 5.10. The average Bonchev–Trinajstić information content (AvgIpc) is 3.15. The van der Waals surface area contributed by atoms with E-state index in [0.717, 1.165) is 11.1 Å². The highest BCUT2D eigenvalue weighted by Crippen LogP contribution is 2.44. The van der Waals surface area contributed by atoms with Crippen molar-refractivity contribution in [2.24, 2.45) is 0 Å². The van der Waals surface area contributed by atoms with Gasteiger partial charge in [0.15, 0.2) is 6.04 Å². The second-order valence-corrected chi connectivity index (χ2v) is 9.92. The van der Waals surface area contributed by atoms with Gasteiger partial charge in [-0.25, -0.2) is 9.59 Å². The zero-order valence-corrected chi connectivity index (χ0v) is 19.5. The standard InChI is InChI=1S/C26H31NO5/c1-16-22(27(26(5,6)31-16)24(29)32-25(2,3)4)23(28)30-15-21-19-13-9-7-11-17(19)18-12-8-10-14-20(18)21/h7-14,16,21-22H,15H2,1-6H3/t16-,22-/m1/s1. The van der Waals surface area contributed by atoms with E-state index in [9.17, 15) is 9.59 Å². The third kappa shape index (κ3) is 3.99. The van der Waals surface area contributed by atoms with Crippen molar-refractivity contribution in [2.75, 3.05) is 6.61 Å². The van der Waals surface area contributed by atoms with E-state index >= 15 is 0 Å². The molecule has 1 amide bonds. The van der Waals surface area contributed by atoms with Crippen LogP contribution in [0.1, 0.15) is 58.6 Å². The molecule has 170 valence electrons. The first kappa shape index (κ1) is 22.3. The number of fused-ring (bicyclic) bond motifs is 3. The summed E-state index contributed by atoms with van der Waals surface area (Å²) in [6, 6.07) is 15.5. The normalized spacial score (nSPS) is 21.8. The van der Waals surface area contributed by atoms with Crippen LogP contribution in [0.5, 0.6) is 0 Å². The van der Waals surface area contributed by atoms with Gasteiger partial charge in [0.1, 0.15) is 17.9 Å². The third-order valence-corrected chi connectivity index (χ3v) is 5.96. The molecule has 2 atom stereocenters. The van der Waals surface area contributed by atoms with Gasteiger partial charge in [-0.05, 0) is 63.8 Å². The summed E-state index contributed by atoms with van der Waals surface area (Å²) in [5.41, 5.74) is 2.93. The van der Waals surface area contributed by atoms with Gasteiger partial charge >= 0.3 is 12.1 Å². The van der Waals surface area contributed by atoms with Gasteiger partial charge in [0.25, 0.3) is 0 Å². The highest BCUT2D eigenvalue weighted by atomic mass is 16.6. The molecule has 4 rings (SSSR count). The number of hydrogen-bond donors (Lipinski definition) is 0. The van der Waals surface area contributed by atoms with Crippen LogP contribution in [-0.4, -0.2) is 47.0 Å². The van der Waals surface area contributed by atoms with Crippen LogP contribution >= 0.6 is 0 Å². The lowest BCUT2D eigenvalue weighted by Crippen LogP contribution is -2.53. The molecule has 0 radical (unpaired) electrons. The molecule has 0 unspecified atom stereocenters. The smallest absolute Gasteiger partial charge is 0.413 e. The van der Waals surface area contributed by atoms with Crippen LogP contribution in [0.25, 0.3) is 11.1 Å². The second-order valence-electron chi connectivity index (χ2n) is 9.92. The molecule has 1 aliphatic heterocycles. The predicted molar refractivity (Wildman–Crippen MR) is 121 cm³/mol. The fourth-order valence-corrected chi connectivity index (χ4v) is 4.75. The molecule has 2 aliphatic rings. The summed E-state index contributed by atoms with van der Waals surface area (Å²) in [5, 5.41) is 0. The van der Waals surface area contributed by atoms with E-state index in [1.165, 1.54) is 16.0 Å². The van der Waals surface area contributed by atoms with Gasteiger partial charge in [-0.2, -0.15) is 0 Å². The number of benzene rings is 2. The van der Waals surface area contributed by atoms with E-state index < -0.39 is 35.5 Å². The molecule has 1 heterocycles. The summed E-state index contributed by atoms with van der Waals surface area (Å²) >= 11 is 0. The number of amides is 1. The molecule has 2 aromatic carbocycles. The minimum Gasteiger partial charge on any atom is -0.463 e. The Bertz CT molecular complexity index is 993. The first-order valence-corrected chi connectivity index (χ1v) is 11.0. The Labute approximate surface area is 189 Å². The molecule has 32 heavy (non-hydrogen) atoms. The minimum atomic E-state index is -0.988. The van der Waals surface area contributed by atoms with Crippen molar-refractivity contribution >= 4 is 12.1 Å². The number of carbonyl (C=O) groups excluding carboxylic acids is 2. The van der Waals surface area contributed by atoms with Gasteiger partial charge in [-0.3, -0.25) is 4.90 Å². The van der Waals surface area contributed by atoms with E-state index in [1.54, 1.807) is 41.5 Å². The fourth-order valence-electron chi connectivity index (χ4n) is 4.75. The van der Waals surface area contributed by atoms with Gasteiger partial charge < -0.3 is 14.2 Å². The second kappa shape index (κ2) is 7.93. The maximum atomic E-state index is 13.3. The number of carbonyl (C=O) groups is 2. The molecule has 1 aliphatic carbocycles. The molecule has 6 heteroatoms. The van der Waals surface area contributed by atoms with E-state index in [-0.39, 0.29) is 12.5 Å². The van der Waals surface area contributed by atoms with Crippen molar-refractivity contribution in [3.05, 3.63) is 59.7 Å². The van der Waals surface area contributed by atoms with Crippen molar-refractivity contribution in [1.29, 1.82) is 0 Å². The summed E-state index contributed by atoms with van der Waals surface area (Å²) < 4.78 is 17.3. The van der Waals surface area contributed by atoms with Crippen LogP contribution in [0.2, 0.25) is 0 Å². The zero-order chi connectivity index (χ0) is 23.3. The number of nitrogens with zero attached hydrogens (tertiary/aromatic N) is 1. The summed E-state index contributed by atoms with van der Waals surface area (Å²) in [4.78, 5) is 27.6. The van der Waals surface area contributed by atoms with Gasteiger partial charge in [0.2, 0.25) is 0 Å². The van der Waals surface area contributed by atoms with E-state index in [0.29, 0.717) is 0 Å². The molecule has 2 aromatic rings. The van der Waals surface area contributed by atoms with Gasteiger partial charge in [-0.15, -0.1) is 0 Å². The molecule has 0 aromatic heterocycles. The van der Waals surface area contributed by atoms with Gasteiger partial charge in [-0.1, -0.05) is 48.5 Å². The molecule has 6 nitrogen and oxygen atoms in total. The Morgan fingerprint density at radius 1 is 1.00 bits per heavy atom. The van der Waals surface area contributed by atoms with Crippen molar-refractivity contribution < 1.29 is 23.8 Å². The van der Waals surface area contributed by atoms with Crippen LogP contribution in [-0.2, 0) is 19.0 Å². The molecule has 1 fully saturated rings. The topological polar surface area (TPSA) is 65.1 Å². The molecule has 0 saturated carbocycles. The van der Waals surface area contributed by atoms with Gasteiger partial charge in [0, 0.05) is 5.92 Å². The van der Waals surface area contributed by atoms with Gasteiger partial charge in [0.05, 0.1) is 6.10 Å². The molecule has 0 spiro atoms. The molecule has 0 bridgehead atoms. The summed E-state index contributed by atoms with van der Waals surface area (Å²) in [6.45, 7) is 10.9. The summed E-state index contributed by atoms with van der Waals surface area (Å²) in [7, 11) is 0. The minimum absolute atomic E-state index is 0.0491. The zero-order valence-electron chi connectivity index (χ0n) is 19.5. The summed E-state index contributed by atoms with van der Waals surface area (Å²) in [6.07, 6.45) is -1.11. The van der Waals surface area contributed by atoms with E-state index in [2.05, 4.69) is 24.3 Å². The van der Waals surface area contributed by atoms with Crippen molar-refractivity contribution in [2.45, 2.75) is 70.9 Å². The fraction of sp³-hybridized carbons (Fsp3) is 0.462. The first-order valence-electron chi connectivity index (χ1n) is 11.0. The van der Waals surface area contributed by atoms with E-state index in [1.807, 2.05) is 24.3 Å². The quantitative estimate of drug-likeness (QED) is 0.625. The first-order chi connectivity index (χ1) is 15.0. The van der Waals surface area contributed by atoms with Crippen molar-refractivity contribution in [1.82, 2.24) is 4.90 Å². The Hall–Kier alpha value is -2.86. The lowest BCUT2D eigenvalue weighted by molar-refractivity contribution is -0.150. The molecule has 0 N–H and O–H groups in total. The Morgan fingerprint density at radius 3 is 2.06 bits per heavy atom. The van der Waals surface area contributed by atoms with Crippen molar-refractivity contribution in [3.63, 3.8) is 0 Å². The number of rotatable bonds is 3. The van der Waals surface area contributed by atoms with E-state index in [4.69, 9.17) is 14.2 Å². The van der Waals surface area contributed by atoms with Crippen LogP contribution in [0.15, 0.2) is 48.5 Å². The van der Waals surface area contributed by atoms with Crippen LogP contribution in [0.3, 0.4) is 0 Å². The number of ether oxygens (including phenoxy) is 3. The largest absolute Gasteiger partial charge is 0.463 e. The van der Waals surface area contributed by atoms with Crippen molar-refractivity contribution in [3.8, 4) is 11.1 Å². The number of esters is 1. The molecular weight excluding hydrogens is 406 g/mol. The lowest BCUT2D eigenvalue weighted by Gasteiger charge is -2.34. The lowest BCUT2D eigenvalue weighted by atomic mass is 9.98. The highest BCUT2D eigenvalue weighted by Gasteiger charge is 2.53. The number of hydrogen-bond acceptors (Lipinski definition) is 5. The maximum Gasteiger partial charge on any atom is 0.413 e. The molecule has 1 saturated heterocycles. The van der Waals surface area contributed by atoms with Crippen LogP contribution in [0.4, 0.5) is 4.79 Å². The average molecular weight is 438 g/mol. The monoisotopic (exact) mass is 437 g/mol. The Morgan fingerprint density at radius 2 is 1.53 bits per heavy atom. The highest BCUT2D eigenvalue weighted by molar-refractivity contribution is 5.84.